The van der Waals surface area contributed by atoms with Crippen LogP contribution in [0.25, 0.3) is 0 Å². The highest BCUT2D eigenvalue weighted by molar-refractivity contribution is 7.99. The van der Waals surface area contributed by atoms with Crippen molar-refractivity contribution in [1.82, 2.24) is 20.1 Å². The summed E-state index contributed by atoms with van der Waals surface area (Å²) in [4.78, 5) is 17.7. The van der Waals surface area contributed by atoms with Crippen molar-refractivity contribution in [3.8, 4) is 0 Å². The van der Waals surface area contributed by atoms with Crippen molar-refractivity contribution in [2.75, 3.05) is 12.4 Å². The van der Waals surface area contributed by atoms with Gasteiger partial charge < -0.3 is 10.2 Å². The van der Waals surface area contributed by atoms with Gasteiger partial charge in [-0.05, 0) is 18.2 Å². The van der Waals surface area contributed by atoms with Crippen LogP contribution < -0.4 is 5.32 Å². The van der Waals surface area contributed by atoms with Crippen LogP contribution in [-0.4, -0.2) is 38.9 Å². The molecule has 0 aliphatic carbocycles. The summed E-state index contributed by atoms with van der Waals surface area (Å²) in [6, 6.07) is 5.93. The van der Waals surface area contributed by atoms with E-state index < -0.39 is 5.76 Å². The molecule has 1 aromatic carbocycles. The van der Waals surface area contributed by atoms with Gasteiger partial charge in [0.05, 0.1) is 6.54 Å². The van der Waals surface area contributed by atoms with Crippen molar-refractivity contribution >= 4 is 23.5 Å². The first kappa shape index (κ1) is 15.2. The van der Waals surface area contributed by atoms with E-state index in [0.29, 0.717) is 28.2 Å². The predicted molar refractivity (Wildman–Crippen MR) is 75.2 cm³/mol. The highest BCUT2D eigenvalue weighted by Gasteiger charge is 2.12. The Balaban J connectivity index is 1.95. The second kappa shape index (κ2) is 7.02. The number of urea groups is 1. The third-order valence-electron chi connectivity index (χ3n) is 2.51. The van der Waals surface area contributed by atoms with Crippen molar-refractivity contribution in [2.24, 2.45) is 0 Å². The summed E-state index contributed by atoms with van der Waals surface area (Å²) in [5.41, 5.74) is 0.454. The molecule has 0 aliphatic rings. The third-order valence-corrected chi connectivity index (χ3v) is 3.21. The number of aromatic amines is 1. The monoisotopic (exact) mass is 313 g/mol. The van der Waals surface area contributed by atoms with Crippen LogP contribution in [0.4, 0.5) is 19.3 Å². The average molecular weight is 313 g/mol. The summed E-state index contributed by atoms with van der Waals surface area (Å²) in [5, 5.41) is 8.97. The van der Waals surface area contributed by atoms with Crippen LogP contribution in [0.5, 0.6) is 0 Å². The summed E-state index contributed by atoms with van der Waals surface area (Å²) in [5.74, 6) is -1.94. The fourth-order valence-corrected chi connectivity index (χ4v) is 2.13. The fraction of sp³-hybridized carbons (Fsp3) is 0.250. The molecule has 1 aromatic heterocycles. The summed E-state index contributed by atoms with van der Waals surface area (Å²) < 4.78 is 24.6. The van der Waals surface area contributed by atoms with Gasteiger partial charge >= 0.3 is 6.03 Å². The number of anilines is 1. The third kappa shape index (κ3) is 4.71. The van der Waals surface area contributed by atoms with Crippen LogP contribution in [0.2, 0.25) is 0 Å². The summed E-state index contributed by atoms with van der Waals surface area (Å²) in [6.45, 7) is 0.261. The van der Waals surface area contributed by atoms with Gasteiger partial charge in [0.1, 0.15) is 12.2 Å². The molecule has 0 atom stereocenters. The zero-order valence-corrected chi connectivity index (χ0v) is 11.9. The number of carbonyl (C=O) groups is 1. The lowest BCUT2D eigenvalue weighted by atomic mass is 10.3. The molecule has 0 bridgehead atoms. The molecule has 112 valence electrons. The van der Waals surface area contributed by atoms with Crippen molar-refractivity contribution in [1.29, 1.82) is 0 Å². The van der Waals surface area contributed by atoms with Crippen molar-refractivity contribution in [3.63, 3.8) is 0 Å². The number of halogens is 2. The molecule has 2 amide bonds. The van der Waals surface area contributed by atoms with E-state index in [4.69, 9.17) is 0 Å². The minimum atomic E-state index is -2.50. The fourth-order valence-electron chi connectivity index (χ4n) is 1.57. The van der Waals surface area contributed by atoms with Crippen LogP contribution in [-0.2, 0) is 6.54 Å². The molecule has 0 unspecified atom stereocenters. The molecule has 0 fully saturated rings. The van der Waals surface area contributed by atoms with Gasteiger partial charge in [0.25, 0.3) is 5.76 Å². The number of amides is 2. The molecular weight excluding hydrogens is 300 g/mol. The number of hydrogen-bond donors (Lipinski definition) is 2. The van der Waals surface area contributed by atoms with E-state index in [0.717, 1.165) is 0 Å². The molecule has 6 nitrogen and oxygen atoms in total. The largest absolute Gasteiger partial charge is 0.321 e. The molecule has 21 heavy (non-hydrogen) atoms. The Kier molecular flexibility index (Phi) is 5.09. The molecule has 0 saturated heterocycles. The maximum Gasteiger partial charge on any atom is 0.321 e. The Bertz CT molecular complexity index is 593. The molecule has 2 aromatic rings. The molecule has 2 rings (SSSR count). The van der Waals surface area contributed by atoms with Gasteiger partial charge in [0.2, 0.25) is 0 Å². The molecule has 2 N–H and O–H groups in total. The van der Waals surface area contributed by atoms with Crippen LogP contribution in [0.1, 0.15) is 5.82 Å². The number of hydrogen-bond acceptors (Lipinski definition) is 4. The second-order valence-electron chi connectivity index (χ2n) is 4.12. The van der Waals surface area contributed by atoms with Crippen molar-refractivity contribution < 1.29 is 13.6 Å². The predicted octanol–water partition coefficient (Wildman–Crippen LogP) is 2.78. The lowest BCUT2D eigenvalue weighted by Crippen LogP contribution is -2.31. The average Bonchev–Trinajstić information content (AvgIpc) is 2.91. The molecular formula is C12H13F2N5OS. The number of rotatable bonds is 5. The van der Waals surface area contributed by atoms with Gasteiger partial charge in [0.15, 0.2) is 0 Å². The van der Waals surface area contributed by atoms with E-state index in [1.165, 1.54) is 17.3 Å². The maximum atomic E-state index is 12.3. The quantitative estimate of drug-likeness (QED) is 0.833. The summed E-state index contributed by atoms with van der Waals surface area (Å²) >= 11 is 0.430. The second-order valence-corrected chi connectivity index (χ2v) is 5.19. The van der Waals surface area contributed by atoms with Crippen LogP contribution >= 0.6 is 11.8 Å². The van der Waals surface area contributed by atoms with Crippen molar-refractivity contribution in [3.05, 3.63) is 36.4 Å². The van der Waals surface area contributed by atoms with E-state index in [1.807, 2.05) is 0 Å². The molecule has 0 aliphatic heterocycles. The Hall–Kier alpha value is -2.16. The van der Waals surface area contributed by atoms with Crippen LogP contribution in [0.15, 0.2) is 35.5 Å². The van der Waals surface area contributed by atoms with Gasteiger partial charge in [-0.3, -0.25) is 5.10 Å². The number of nitrogens with one attached hydrogen (secondary N) is 2. The molecule has 0 saturated carbocycles. The zero-order chi connectivity index (χ0) is 15.2. The van der Waals surface area contributed by atoms with Crippen molar-refractivity contribution in [2.45, 2.75) is 17.2 Å². The SMILES string of the molecule is CN(Cc1ncn[nH]1)C(=O)Nc1cccc(SC(F)F)c1. The van der Waals surface area contributed by atoms with Gasteiger partial charge in [-0.2, -0.15) is 13.9 Å². The highest BCUT2D eigenvalue weighted by atomic mass is 32.2. The standard InChI is InChI=1S/C12H13F2N5OS/c1-19(6-10-15-7-16-18-10)12(20)17-8-3-2-4-9(5-8)21-11(13)14/h2-5,7,11H,6H2,1H3,(H,17,20)(H,15,16,18). The molecule has 0 spiro atoms. The van der Waals surface area contributed by atoms with Gasteiger partial charge in [-0.15, -0.1) is 0 Å². The molecule has 1 heterocycles. The Morgan fingerprint density at radius 3 is 3.00 bits per heavy atom. The maximum absolute atomic E-state index is 12.3. The number of H-pyrrole nitrogens is 1. The lowest BCUT2D eigenvalue weighted by Gasteiger charge is -2.16. The lowest BCUT2D eigenvalue weighted by molar-refractivity contribution is 0.219. The normalized spacial score (nSPS) is 10.7. The number of aromatic nitrogens is 3. The van der Waals surface area contributed by atoms with Crippen LogP contribution in [0.3, 0.4) is 0 Å². The molecule has 0 radical (unpaired) electrons. The van der Waals surface area contributed by atoms with E-state index >= 15 is 0 Å². The van der Waals surface area contributed by atoms with E-state index in [2.05, 4.69) is 20.5 Å². The summed E-state index contributed by atoms with van der Waals surface area (Å²) in [7, 11) is 1.59. The Morgan fingerprint density at radius 2 is 2.33 bits per heavy atom. The molecule has 9 heteroatoms. The van der Waals surface area contributed by atoms with E-state index in [-0.39, 0.29) is 12.6 Å². The first-order valence-electron chi connectivity index (χ1n) is 5.96. The minimum absolute atomic E-state index is 0.261. The minimum Gasteiger partial charge on any atom is -0.320 e. The number of thioether (sulfide) groups is 1. The Labute approximate surface area is 123 Å². The number of carbonyl (C=O) groups excluding carboxylic acids is 1. The number of nitrogens with zero attached hydrogens (tertiary/aromatic N) is 3. The summed E-state index contributed by atoms with van der Waals surface area (Å²) in [6.07, 6.45) is 1.35. The van der Waals surface area contributed by atoms with Gasteiger partial charge in [-0.1, -0.05) is 17.8 Å². The first-order chi connectivity index (χ1) is 10.0. The zero-order valence-electron chi connectivity index (χ0n) is 11.1. The van der Waals surface area contributed by atoms with E-state index in [1.54, 1.807) is 25.2 Å². The number of benzene rings is 1. The van der Waals surface area contributed by atoms with Gasteiger partial charge in [-0.25, -0.2) is 9.78 Å². The van der Waals surface area contributed by atoms with Crippen LogP contribution in [0, 0.1) is 0 Å². The Morgan fingerprint density at radius 1 is 1.52 bits per heavy atom. The van der Waals surface area contributed by atoms with E-state index in [9.17, 15) is 13.6 Å². The van der Waals surface area contributed by atoms with Gasteiger partial charge in [0, 0.05) is 17.6 Å². The first-order valence-corrected chi connectivity index (χ1v) is 6.84. The highest BCUT2D eigenvalue weighted by Crippen LogP contribution is 2.27. The topological polar surface area (TPSA) is 73.9 Å². The smallest absolute Gasteiger partial charge is 0.320 e. The number of alkyl halides is 2.